The summed E-state index contributed by atoms with van der Waals surface area (Å²) >= 11 is 0. The Morgan fingerprint density at radius 2 is 0.727 bits per heavy atom. The Hall–Kier alpha value is -7.50. The van der Waals surface area contributed by atoms with E-state index in [0.717, 1.165) is 83.8 Å². The second-order valence-electron chi connectivity index (χ2n) is 13.5. The van der Waals surface area contributed by atoms with Crippen molar-refractivity contribution in [2.75, 3.05) is 0 Å². The fourth-order valence-electron chi connectivity index (χ4n) is 7.37. The highest BCUT2D eigenvalue weighted by molar-refractivity contribution is 6.05. The number of nitrogens with zero attached hydrogens (tertiary/aromatic N) is 5. The molecule has 0 atom stereocenters. The fourth-order valence-corrected chi connectivity index (χ4v) is 7.37. The van der Waals surface area contributed by atoms with Gasteiger partial charge in [-0.15, -0.1) is 0 Å². The highest BCUT2D eigenvalue weighted by Gasteiger charge is 2.24. The van der Waals surface area contributed by atoms with Crippen molar-refractivity contribution in [1.82, 2.24) is 24.3 Å². The molecule has 3 aromatic heterocycles. The summed E-state index contributed by atoms with van der Waals surface area (Å²) < 4.78 is 2.15. The van der Waals surface area contributed by atoms with Gasteiger partial charge in [-0.3, -0.25) is 4.40 Å². The standard InChI is InChI=1S/C50H33N5/c1-5-17-34(18-6-1)38-25-15-27-40(31-38)44-33-45(41-28-16-26-39(32-41)35-19-7-2-8-20-35)52-48(51-44)46-42-29-13-14-30-43(42)50-54-47(36-21-9-3-10-22-36)53-49(55(46)50)37-23-11-4-12-24-37/h1-33H. The molecule has 5 nitrogen and oxygen atoms in total. The molecule has 0 N–H and O–H groups in total. The van der Waals surface area contributed by atoms with E-state index in [1.165, 1.54) is 0 Å². The van der Waals surface area contributed by atoms with Crippen LogP contribution in [0.15, 0.2) is 200 Å². The Morgan fingerprint density at radius 1 is 0.291 bits per heavy atom. The van der Waals surface area contributed by atoms with Crippen molar-refractivity contribution >= 4 is 16.4 Å². The van der Waals surface area contributed by atoms with E-state index in [2.05, 4.69) is 156 Å². The van der Waals surface area contributed by atoms with E-state index >= 15 is 0 Å². The minimum absolute atomic E-state index is 0.590. The zero-order valence-corrected chi connectivity index (χ0v) is 29.8. The number of hydrogen-bond acceptors (Lipinski definition) is 4. The lowest BCUT2D eigenvalue weighted by Crippen LogP contribution is -2.05. The van der Waals surface area contributed by atoms with Crippen LogP contribution in [0, 0.1) is 0 Å². The van der Waals surface area contributed by atoms with E-state index in [-0.39, 0.29) is 0 Å². The van der Waals surface area contributed by atoms with Crippen LogP contribution in [0.2, 0.25) is 0 Å². The van der Waals surface area contributed by atoms with Crippen molar-refractivity contribution in [3.8, 4) is 79.1 Å². The quantitative estimate of drug-likeness (QED) is 0.166. The van der Waals surface area contributed by atoms with E-state index < -0.39 is 0 Å². The molecule has 0 spiro atoms. The topological polar surface area (TPSA) is 56.0 Å². The van der Waals surface area contributed by atoms with Gasteiger partial charge in [0.05, 0.1) is 11.4 Å². The van der Waals surface area contributed by atoms with Gasteiger partial charge in [-0.2, -0.15) is 0 Å². The molecule has 7 aromatic carbocycles. The second-order valence-corrected chi connectivity index (χ2v) is 13.5. The van der Waals surface area contributed by atoms with Crippen LogP contribution in [-0.4, -0.2) is 24.3 Å². The maximum atomic E-state index is 5.42. The first-order valence-electron chi connectivity index (χ1n) is 18.4. The Kier molecular flexibility index (Phi) is 8.08. The Balaban J connectivity index is 1.27. The monoisotopic (exact) mass is 703 g/mol. The highest BCUT2D eigenvalue weighted by atomic mass is 15.1. The largest absolute Gasteiger partial charge is 0.273 e. The molecular formula is C50H33N5. The Labute approximate surface area is 319 Å². The van der Waals surface area contributed by atoms with Crippen LogP contribution in [0.3, 0.4) is 0 Å². The maximum Gasteiger partial charge on any atom is 0.178 e. The van der Waals surface area contributed by atoms with E-state index in [9.17, 15) is 0 Å². The van der Waals surface area contributed by atoms with E-state index in [1.54, 1.807) is 0 Å². The minimum atomic E-state index is 0.590. The van der Waals surface area contributed by atoms with Gasteiger partial charge in [0.15, 0.2) is 11.6 Å². The van der Waals surface area contributed by atoms with Gasteiger partial charge in [0.1, 0.15) is 17.2 Å². The molecule has 0 saturated carbocycles. The lowest BCUT2D eigenvalue weighted by Gasteiger charge is -2.14. The summed E-state index contributed by atoms with van der Waals surface area (Å²) in [6.45, 7) is 0. The third kappa shape index (κ3) is 6.04. The molecule has 0 saturated heterocycles. The second kappa shape index (κ2) is 13.8. The normalized spacial score (nSPS) is 11.3. The molecule has 0 aliphatic heterocycles. The van der Waals surface area contributed by atoms with Crippen molar-refractivity contribution in [3.63, 3.8) is 0 Å². The molecule has 258 valence electrons. The molecule has 0 radical (unpaired) electrons. The average Bonchev–Trinajstić information content (AvgIpc) is 3.61. The Morgan fingerprint density at radius 3 is 1.27 bits per heavy atom. The molecule has 5 heteroatoms. The van der Waals surface area contributed by atoms with Crippen LogP contribution in [0.1, 0.15) is 0 Å². The molecule has 0 aliphatic rings. The zero-order valence-electron chi connectivity index (χ0n) is 29.8. The van der Waals surface area contributed by atoms with Crippen molar-refractivity contribution in [3.05, 3.63) is 200 Å². The maximum absolute atomic E-state index is 5.42. The number of aromatic nitrogens is 5. The van der Waals surface area contributed by atoms with Crippen LogP contribution in [0.5, 0.6) is 0 Å². The van der Waals surface area contributed by atoms with Gasteiger partial charge in [0, 0.05) is 33.0 Å². The van der Waals surface area contributed by atoms with Crippen LogP contribution in [0.25, 0.3) is 95.5 Å². The predicted octanol–water partition coefficient (Wildman–Crippen LogP) is 12.3. The molecule has 3 heterocycles. The zero-order chi connectivity index (χ0) is 36.6. The van der Waals surface area contributed by atoms with Crippen molar-refractivity contribution < 1.29 is 0 Å². The number of fused-ring (bicyclic) bond motifs is 3. The van der Waals surface area contributed by atoms with Crippen LogP contribution in [-0.2, 0) is 0 Å². The van der Waals surface area contributed by atoms with Crippen LogP contribution >= 0.6 is 0 Å². The lowest BCUT2D eigenvalue weighted by atomic mass is 9.99. The SMILES string of the molecule is c1ccc(-c2cccc(-c3cc(-c4cccc(-c5ccccc5)c4)nc(-c4c5ccccc5c5nc(-c6ccccc6)nc(-c6ccccc6)n45)n3)c2)cc1. The third-order valence-electron chi connectivity index (χ3n) is 10.0. The Bertz CT molecular complexity index is 2860. The molecule has 0 aliphatic carbocycles. The van der Waals surface area contributed by atoms with Crippen molar-refractivity contribution in [2.45, 2.75) is 0 Å². The number of benzene rings is 7. The molecule has 0 fully saturated rings. The van der Waals surface area contributed by atoms with E-state index in [4.69, 9.17) is 19.9 Å². The molecule has 10 rings (SSSR count). The van der Waals surface area contributed by atoms with Gasteiger partial charge in [-0.05, 0) is 40.5 Å². The fraction of sp³-hybridized carbons (Fsp3) is 0. The first-order valence-corrected chi connectivity index (χ1v) is 18.4. The summed E-state index contributed by atoms with van der Waals surface area (Å²) in [6, 6.07) is 69.1. The summed E-state index contributed by atoms with van der Waals surface area (Å²) in [5.41, 5.74) is 11.8. The van der Waals surface area contributed by atoms with Gasteiger partial charge in [0.2, 0.25) is 0 Å². The third-order valence-corrected chi connectivity index (χ3v) is 10.0. The van der Waals surface area contributed by atoms with Crippen LogP contribution < -0.4 is 0 Å². The molecule has 0 amide bonds. The summed E-state index contributed by atoms with van der Waals surface area (Å²) in [5.74, 6) is 2.02. The highest BCUT2D eigenvalue weighted by Crippen LogP contribution is 2.39. The minimum Gasteiger partial charge on any atom is -0.273 e. The summed E-state index contributed by atoms with van der Waals surface area (Å²) in [6.07, 6.45) is 0. The number of rotatable bonds is 7. The predicted molar refractivity (Wildman–Crippen MR) is 224 cm³/mol. The lowest BCUT2D eigenvalue weighted by molar-refractivity contribution is 1.03. The van der Waals surface area contributed by atoms with Gasteiger partial charge in [-0.1, -0.05) is 182 Å². The number of hydrogen-bond donors (Lipinski definition) is 0. The molecule has 0 unspecified atom stereocenters. The summed E-state index contributed by atoms with van der Waals surface area (Å²) in [7, 11) is 0. The first-order chi connectivity index (χ1) is 27.3. The smallest absolute Gasteiger partial charge is 0.178 e. The molecule has 0 bridgehead atoms. The molecule has 10 aromatic rings. The van der Waals surface area contributed by atoms with Gasteiger partial charge in [-0.25, -0.2) is 19.9 Å². The first kappa shape index (κ1) is 32.2. The van der Waals surface area contributed by atoms with Crippen molar-refractivity contribution in [2.24, 2.45) is 0 Å². The summed E-state index contributed by atoms with van der Waals surface area (Å²) in [4.78, 5) is 21.4. The van der Waals surface area contributed by atoms with Gasteiger partial charge >= 0.3 is 0 Å². The van der Waals surface area contributed by atoms with Gasteiger partial charge < -0.3 is 0 Å². The van der Waals surface area contributed by atoms with E-state index in [0.29, 0.717) is 11.6 Å². The summed E-state index contributed by atoms with van der Waals surface area (Å²) in [5, 5.41) is 2.00. The molecule has 55 heavy (non-hydrogen) atoms. The van der Waals surface area contributed by atoms with E-state index in [1.807, 2.05) is 48.5 Å². The average molecular weight is 704 g/mol. The van der Waals surface area contributed by atoms with Crippen LogP contribution in [0.4, 0.5) is 0 Å². The molecular weight excluding hydrogens is 671 g/mol. The van der Waals surface area contributed by atoms with Gasteiger partial charge in [0.25, 0.3) is 0 Å². The van der Waals surface area contributed by atoms with Crippen molar-refractivity contribution in [1.29, 1.82) is 0 Å².